The Kier molecular flexibility index (Phi) is 8.21. The van der Waals surface area contributed by atoms with Gasteiger partial charge in [-0.3, -0.25) is 4.79 Å². The summed E-state index contributed by atoms with van der Waals surface area (Å²) >= 11 is 0. The Morgan fingerprint density at radius 1 is 1.19 bits per heavy atom. The van der Waals surface area contributed by atoms with Gasteiger partial charge in [-0.25, -0.2) is 14.6 Å². The van der Waals surface area contributed by atoms with Crippen LogP contribution in [0, 0.1) is 5.92 Å². The summed E-state index contributed by atoms with van der Waals surface area (Å²) < 4.78 is 33.7. The molecule has 0 aliphatic carbocycles. The number of hydrogen-bond acceptors (Lipinski definition) is 4. The topological polar surface area (TPSA) is 125 Å². The van der Waals surface area contributed by atoms with Crippen LogP contribution in [0.3, 0.4) is 0 Å². The van der Waals surface area contributed by atoms with Crippen LogP contribution in [-0.2, 0) is 9.59 Å². The second-order valence-corrected chi connectivity index (χ2v) is 7.09. The van der Waals surface area contributed by atoms with E-state index < -0.39 is 24.0 Å². The number of aromatic nitrogens is 2. The van der Waals surface area contributed by atoms with Crippen molar-refractivity contribution in [2.75, 3.05) is 13.1 Å². The first-order chi connectivity index (χ1) is 15.0. The number of urea groups is 1. The van der Waals surface area contributed by atoms with Crippen LogP contribution in [0.2, 0.25) is 0 Å². The normalized spacial score (nSPS) is 17.0. The third-order valence-electron chi connectivity index (χ3n) is 4.73. The number of imidazole rings is 1. The maximum atomic E-state index is 12.5. The fourth-order valence-corrected chi connectivity index (χ4v) is 3.15. The standard InChI is InChI=1S/C18H22N4O3.C2HF3O2/c1-13(16-19-9-11-22(16)15-7-3-2-4-8-15)20-18(25)21-10-5-6-14(12-21)17(23)24;3-2(4,5)1(6)7/h2-4,7-9,11,13-14H,5-6,10,12H2,1H3,(H,20,25)(H,23,24);(H,6,7). The molecule has 0 radical (unpaired) electrons. The molecule has 3 rings (SSSR count). The number of benzene rings is 1. The first-order valence-electron chi connectivity index (χ1n) is 9.67. The predicted molar refractivity (Wildman–Crippen MR) is 106 cm³/mol. The molecule has 1 saturated heterocycles. The smallest absolute Gasteiger partial charge is 0.481 e. The largest absolute Gasteiger partial charge is 0.490 e. The van der Waals surface area contributed by atoms with Crippen molar-refractivity contribution in [3.63, 3.8) is 0 Å². The van der Waals surface area contributed by atoms with E-state index in [9.17, 15) is 22.8 Å². The zero-order valence-electron chi connectivity index (χ0n) is 17.1. The quantitative estimate of drug-likeness (QED) is 0.650. The number of likely N-dealkylation sites (tertiary alicyclic amines) is 1. The highest BCUT2D eigenvalue weighted by Crippen LogP contribution is 2.19. The minimum atomic E-state index is -5.08. The Hall–Kier alpha value is -3.57. The van der Waals surface area contributed by atoms with Crippen molar-refractivity contribution in [1.29, 1.82) is 0 Å². The number of nitrogens with zero attached hydrogens (tertiary/aromatic N) is 3. The number of piperidine rings is 1. The molecule has 9 nitrogen and oxygen atoms in total. The molecular formula is C20H23F3N4O5. The molecule has 32 heavy (non-hydrogen) atoms. The molecule has 1 fully saturated rings. The number of rotatable bonds is 4. The Bertz CT molecular complexity index is 933. The average Bonchev–Trinajstić information content (AvgIpc) is 3.24. The van der Waals surface area contributed by atoms with Crippen LogP contribution < -0.4 is 5.32 Å². The Morgan fingerprint density at radius 2 is 1.81 bits per heavy atom. The highest BCUT2D eigenvalue weighted by atomic mass is 19.4. The maximum absolute atomic E-state index is 12.5. The fourth-order valence-electron chi connectivity index (χ4n) is 3.15. The molecule has 1 aliphatic heterocycles. The third kappa shape index (κ3) is 6.72. The van der Waals surface area contributed by atoms with Crippen LogP contribution in [0.1, 0.15) is 31.6 Å². The molecule has 1 aromatic heterocycles. The highest BCUT2D eigenvalue weighted by molar-refractivity contribution is 5.77. The summed E-state index contributed by atoms with van der Waals surface area (Å²) in [6, 6.07) is 9.24. The number of amides is 2. The molecule has 1 aliphatic rings. The van der Waals surface area contributed by atoms with E-state index in [1.54, 1.807) is 11.1 Å². The van der Waals surface area contributed by atoms with E-state index in [4.69, 9.17) is 15.0 Å². The van der Waals surface area contributed by atoms with Crippen molar-refractivity contribution in [3.05, 3.63) is 48.5 Å². The van der Waals surface area contributed by atoms with Crippen LogP contribution in [0.5, 0.6) is 0 Å². The Morgan fingerprint density at radius 3 is 2.38 bits per heavy atom. The first-order valence-corrected chi connectivity index (χ1v) is 9.67. The van der Waals surface area contributed by atoms with Gasteiger partial charge in [0.15, 0.2) is 0 Å². The van der Waals surface area contributed by atoms with Gasteiger partial charge in [0.2, 0.25) is 0 Å². The van der Waals surface area contributed by atoms with E-state index in [2.05, 4.69) is 10.3 Å². The van der Waals surface area contributed by atoms with Crippen LogP contribution in [0.15, 0.2) is 42.7 Å². The van der Waals surface area contributed by atoms with Crippen molar-refractivity contribution >= 4 is 18.0 Å². The molecule has 1 aromatic carbocycles. The Balaban J connectivity index is 0.000000451. The van der Waals surface area contributed by atoms with Gasteiger partial charge in [0, 0.05) is 31.2 Å². The van der Waals surface area contributed by atoms with Crippen LogP contribution in [0.4, 0.5) is 18.0 Å². The lowest BCUT2D eigenvalue weighted by atomic mass is 9.99. The van der Waals surface area contributed by atoms with Gasteiger partial charge in [-0.1, -0.05) is 18.2 Å². The zero-order valence-corrected chi connectivity index (χ0v) is 17.1. The van der Waals surface area contributed by atoms with Gasteiger partial charge in [0.05, 0.1) is 12.0 Å². The summed E-state index contributed by atoms with van der Waals surface area (Å²) in [7, 11) is 0. The minimum absolute atomic E-state index is 0.249. The van der Waals surface area contributed by atoms with Crippen molar-refractivity contribution in [2.45, 2.75) is 32.0 Å². The van der Waals surface area contributed by atoms with Crippen molar-refractivity contribution in [3.8, 4) is 5.69 Å². The zero-order chi connectivity index (χ0) is 23.9. The number of alkyl halides is 3. The number of halogens is 3. The second-order valence-electron chi connectivity index (χ2n) is 7.09. The van der Waals surface area contributed by atoms with Gasteiger partial charge in [0.1, 0.15) is 5.82 Å². The summed E-state index contributed by atoms with van der Waals surface area (Å²) in [5.41, 5.74) is 0.972. The molecule has 2 atom stereocenters. The van der Waals surface area contributed by atoms with Gasteiger partial charge < -0.3 is 25.0 Å². The molecule has 2 amide bonds. The summed E-state index contributed by atoms with van der Waals surface area (Å²) in [5.74, 6) is -3.36. The van der Waals surface area contributed by atoms with E-state index >= 15 is 0 Å². The highest BCUT2D eigenvalue weighted by Gasteiger charge is 2.38. The lowest BCUT2D eigenvalue weighted by molar-refractivity contribution is -0.192. The van der Waals surface area contributed by atoms with Crippen LogP contribution in [-0.4, -0.2) is 61.9 Å². The monoisotopic (exact) mass is 456 g/mol. The molecule has 0 spiro atoms. The number of para-hydroxylation sites is 1. The fraction of sp³-hybridized carbons (Fsp3) is 0.400. The molecule has 0 saturated carbocycles. The summed E-state index contributed by atoms with van der Waals surface area (Å²) in [5, 5.41) is 19.2. The summed E-state index contributed by atoms with van der Waals surface area (Å²) in [4.78, 5) is 38.5. The lowest BCUT2D eigenvalue weighted by Crippen LogP contribution is -2.47. The van der Waals surface area contributed by atoms with E-state index in [1.165, 1.54) is 0 Å². The molecule has 2 heterocycles. The maximum Gasteiger partial charge on any atom is 0.490 e. The third-order valence-corrected chi connectivity index (χ3v) is 4.73. The molecule has 3 N–H and O–H groups in total. The van der Waals surface area contributed by atoms with Gasteiger partial charge in [-0.15, -0.1) is 0 Å². The molecule has 0 bridgehead atoms. The summed E-state index contributed by atoms with van der Waals surface area (Å²) in [6.07, 6.45) is -0.203. The number of hydrogen-bond donors (Lipinski definition) is 3. The molecule has 12 heteroatoms. The molecular weight excluding hydrogens is 433 g/mol. The average molecular weight is 456 g/mol. The van der Waals surface area contributed by atoms with Crippen molar-refractivity contribution in [2.24, 2.45) is 5.92 Å². The Labute approximate surface area is 181 Å². The van der Waals surface area contributed by atoms with Gasteiger partial charge in [-0.2, -0.15) is 13.2 Å². The predicted octanol–water partition coefficient (Wildman–Crippen LogP) is 3.07. The van der Waals surface area contributed by atoms with Crippen LogP contribution >= 0.6 is 0 Å². The number of carbonyl (C=O) groups is 3. The minimum Gasteiger partial charge on any atom is -0.481 e. The number of nitrogens with one attached hydrogen (secondary N) is 1. The van der Waals surface area contributed by atoms with E-state index in [0.29, 0.717) is 19.4 Å². The van der Waals surface area contributed by atoms with E-state index in [0.717, 1.165) is 11.5 Å². The number of carboxylic acids is 2. The first kappa shape index (κ1) is 24.7. The van der Waals surface area contributed by atoms with Crippen LogP contribution in [0.25, 0.3) is 5.69 Å². The van der Waals surface area contributed by atoms with Crippen molar-refractivity contribution in [1.82, 2.24) is 19.8 Å². The summed E-state index contributed by atoms with van der Waals surface area (Å²) in [6.45, 7) is 2.70. The number of carbonyl (C=O) groups excluding carboxylic acids is 1. The molecule has 2 aromatic rings. The van der Waals surface area contributed by atoms with Crippen molar-refractivity contribution < 1.29 is 37.8 Å². The van der Waals surface area contributed by atoms with Gasteiger partial charge in [0.25, 0.3) is 0 Å². The SMILES string of the molecule is CC(NC(=O)N1CCCC(C(=O)O)C1)c1nccn1-c1ccccc1.O=C(O)C(F)(F)F. The number of aliphatic carboxylic acids is 2. The molecule has 2 unspecified atom stereocenters. The number of carboxylic acid groups (broad SMARTS) is 2. The molecule has 174 valence electrons. The van der Waals surface area contributed by atoms with Gasteiger partial charge in [-0.05, 0) is 31.9 Å². The van der Waals surface area contributed by atoms with Gasteiger partial charge >= 0.3 is 24.1 Å². The van der Waals surface area contributed by atoms with E-state index in [-0.39, 0.29) is 18.6 Å². The van der Waals surface area contributed by atoms with E-state index in [1.807, 2.05) is 48.0 Å². The lowest BCUT2D eigenvalue weighted by Gasteiger charge is -2.31. The second kappa shape index (κ2) is 10.6.